The Labute approximate surface area is 171 Å². The second-order valence-corrected chi connectivity index (χ2v) is 0. The van der Waals surface area contributed by atoms with Crippen molar-refractivity contribution in [3.8, 4) is 0 Å². The van der Waals surface area contributed by atoms with Crippen molar-refractivity contribution in [2.75, 3.05) is 0 Å². The third-order valence-electron chi connectivity index (χ3n) is 0. The average molecular weight is 792 g/mol. The van der Waals surface area contributed by atoms with E-state index in [2.05, 4.69) is 0 Å². The van der Waals surface area contributed by atoms with Crippen LogP contribution in [-0.2, 0) is 91.4 Å². The zero-order chi connectivity index (χ0) is 0. The Hall–Kier alpha value is 3.77. The van der Waals surface area contributed by atoms with Crippen molar-refractivity contribution in [3.63, 3.8) is 0 Å². The molecule has 13 heteroatoms. The second-order valence-electron chi connectivity index (χ2n) is 0. The molecule has 0 aliphatic heterocycles. The quantitative estimate of drug-likeness (QED) is 0.284. The van der Waals surface area contributed by atoms with Gasteiger partial charge in [-0.1, -0.05) is 0 Å². The summed E-state index contributed by atoms with van der Waals surface area (Å²) in [6.45, 7) is 0. The van der Waals surface area contributed by atoms with Gasteiger partial charge in [0, 0.05) is 42.1 Å². The standard InChI is InChI=1S/2Ce.9O.2W/q2*+3;9*-2;;. The molecule has 0 aromatic heterocycles. The third kappa shape index (κ3) is 210. The normalized spacial score (nSPS) is 0. The Morgan fingerprint density at radius 3 is 0.231 bits per heavy atom. The van der Waals surface area contributed by atoms with Gasteiger partial charge in [0.2, 0.25) is 0 Å². The third-order valence-corrected chi connectivity index (χ3v) is 0. The molecule has 2 radical (unpaired) electrons. The van der Waals surface area contributed by atoms with Gasteiger partial charge in [-0.3, -0.25) is 0 Å². The summed E-state index contributed by atoms with van der Waals surface area (Å²) in [5.74, 6) is 0. The Kier molecular flexibility index (Phi) is 5460. The molecule has 0 atom stereocenters. The molecule has 0 fully saturated rings. The first-order chi connectivity index (χ1) is 0. The smallest absolute Gasteiger partial charge is 2.00 e. The van der Waals surface area contributed by atoms with Crippen LogP contribution in [0.4, 0.5) is 0 Å². The molecule has 0 heterocycles. The van der Waals surface area contributed by atoms with Gasteiger partial charge >= 0.3 is 83.5 Å². The van der Waals surface area contributed by atoms with E-state index in [-0.39, 0.29) is 175 Å². The average Bonchev–Trinajstić information content (AvgIpc) is 0. The molecular formula is Ce2O9W2-12. The summed E-state index contributed by atoms with van der Waals surface area (Å²) in [6, 6.07) is 0. The maximum atomic E-state index is 0. The van der Waals surface area contributed by atoms with E-state index in [0.29, 0.717) is 0 Å². The first-order valence-corrected chi connectivity index (χ1v) is 0. The van der Waals surface area contributed by atoms with E-state index in [0.717, 1.165) is 0 Å². The minimum Gasteiger partial charge on any atom is -2.00 e. The van der Waals surface area contributed by atoms with Crippen LogP contribution in [0.2, 0.25) is 0 Å². The maximum absolute atomic E-state index is 0. The monoisotopic (exact) mass is 792 g/mol. The Balaban J connectivity index is 0. The van der Waals surface area contributed by atoms with E-state index < -0.39 is 0 Å². The van der Waals surface area contributed by atoms with E-state index in [1.165, 1.54) is 0 Å². The van der Waals surface area contributed by atoms with Gasteiger partial charge in [0.1, 0.15) is 0 Å². The molecule has 86 valence electrons. The first-order valence-electron chi connectivity index (χ1n) is 0. The molecule has 0 saturated heterocycles. The summed E-state index contributed by atoms with van der Waals surface area (Å²) in [6.07, 6.45) is 0. The summed E-state index contributed by atoms with van der Waals surface area (Å²) in [5.41, 5.74) is 0. The molecule has 9 nitrogen and oxygen atoms in total. The fraction of sp³-hybridized carbons (Fsp3) is 0. The molecule has 0 aromatic carbocycles. The van der Waals surface area contributed by atoms with E-state index in [4.69, 9.17) is 0 Å². The van der Waals surface area contributed by atoms with Gasteiger partial charge in [0.05, 0.1) is 0 Å². The molecule has 13 heavy (non-hydrogen) atoms. The minimum absolute atomic E-state index is 0. The Morgan fingerprint density at radius 2 is 0.231 bits per heavy atom. The van der Waals surface area contributed by atoms with Crippen LogP contribution in [0.25, 0.3) is 0 Å². The number of hydrogen-bond acceptors (Lipinski definition) is 0. The molecule has 0 saturated carbocycles. The van der Waals surface area contributed by atoms with Crippen LogP contribution < -0.4 is 0 Å². The van der Waals surface area contributed by atoms with E-state index in [1.54, 1.807) is 0 Å². The molecule has 0 N–H and O–H groups in total. The largest absolute Gasteiger partial charge is 3.00 e. The summed E-state index contributed by atoms with van der Waals surface area (Å²) in [5, 5.41) is 0. The van der Waals surface area contributed by atoms with Crippen molar-refractivity contribution in [2.24, 2.45) is 0 Å². The van der Waals surface area contributed by atoms with E-state index in [9.17, 15) is 0 Å². The van der Waals surface area contributed by atoms with Gasteiger partial charge in [-0.15, -0.1) is 0 Å². The van der Waals surface area contributed by atoms with Gasteiger partial charge in [-0.2, -0.15) is 0 Å². The first kappa shape index (κ1) is 293. The summed E-state index contributed by atoms with van der Waals surface area (Å²) in [4.78, 5) is 0. The molecule has 0 aliphatic carbocycles. The van der Waals surface area contributed by atoms with Crippen LogP contribution in [-0.4, -0.2) is 0 Å². The van der Waals surface area contributed by atoms with Crippen molar-refractivity contribution >= 4 is 0 Å². The van der Waals surface area contributed by atoms with Crippen LogP contribution in [0.15, 0.2) is 0 Å². The van der Waals surface area contributed by atoms with Gasteiger partial charge in [-0.05, 0) is 0 Å². The molecule has 0 rings (SSSR count). The second kappa shape index (κ2) is 242. The SMILES string of the molecule is [Ce+3].[Ce+3].[O-2].[O-2].[O-2].[O-2].[O-2].[O-2].[O-2].[O-2].[O-2].[W].[W]. The molecule has 0 unspecified atom stereocenters. The molecule has 0 spiro atoms. The molecule has 0 bridgehead atoms. The summed E-state index contributed by atoms with van der Waals surface area (Å²) in [7, 11) is 0. The maximum Gasteiger partial charge on any atom is 3.00 e. The van der Waals surface area contributed by atoms with Gasteiger partial charge in [0.15, 0.2) is 0 Å². The zero-order valence-corrected chi connectivity index (χ0v) is 17.6. The number of hydrogen-bond donors (Lipinski definition) is 0. The predicted octanol–water partition coefficient (Wildman–Crippen LogP) is -1.07. The molecule has 0 amide bonds. The van der Waals surface area contributed by atoms with Crippen molar-refractivity contribution in [2.45, 2.75) is 0 Å². The van der Waals surface area contributed by atoms with Crippen LogP contribution >= 0.6 is 0 Å². The Morgan fingerprint density at radius 1 is 0.231 bits per heavy atom. The van der Waals surface area contributed by atoms with Crippen molar-refractivity contribution in [1.29, 1.82) is 0 Å². The van der Waals surface area contributed by atoms with Crippen LogP contribution in [0, 0.1) is 83.5 Å². The summed E-state index contributed by atoms with van der Waals surface area (Å²) < 4.78 is 0. The van der Waals surface area contributed by atoms with E-state index in [1.807, 2.05) is 0 Å². The van der Waals surface area contributed by atoms with Gasteiger partial charge in [-0.25, -0.2) is 0 Å². The van der Waals surface area contributed by atoms with Crippen LogP contribution in [0.3, 0.4) is 0 Å². The van der Waals surface area contributed by atoms with Crippen molar-refractivity contribution in [3.05, 3.63) is 0 Å². The fourth-order valence-corrected chi connectivity index (χ4v) is 0. The van der Waals surface area contributed by atoms with Crippen molar-refractivity contribution in [1.82, 2.24) is 0 Å². The topological polar surface area (TPSA) is 256 Å². The van der Waals surface area contributed by atoms with Crippen LogP contribution in [0.5, 0.6) is 0 Å². The molecule has 0 aliphatic rings. The van der Waals surface area contributed by atoms with Gasteiger partial charge < -0.3 is 49.3 Å². The van der Waals surface area contributed by atoms with Crippen LogP contribution in [0.1, 0.15) is 0 Å². The van der Waals surface area contributed by atoms with Crippen molar-refractivity contribution < 1.29 is 175 Å². The molecular weight excluding hydrogens is 792 g/mol. The van der Waals surface area contributed by atoms with Gasteiger partial charge in [0.25, 0.3) is 0 Å². The molecule has 0 aromatic rings. The minimum atomic E-state index is 0. The fourth-order valence-electron chi connectivity index (χ4n) is 0. The van der Waals surface area contributed by atoms with E-state index >= 15 is 0 Å². The Bertz CT molecular complexity index is 15.6. The zero-order valence-electron chi connectivity index (χ0n) is 5.49. The predicted molar refractivity (Wildman–Crippen MR) is 6.18 cm³/mol. The summed E-state index contributed by atoms with van der Waals surface area (Å²) >= 11 is 0. The number of rotatable bonds is 0.